The number of aromatic carboxylic acids is 1. The standard InChI is InChI=1S/C24H28O2/c1-2-3-4-5-18-6-8-19(9-7-18)20-10-12-21(13-11-20)22-14-16-23(17-15-22)24(25)26/h8,10-18H,2-7,9H2,1H3,(H,25,26). The van der Waals surface area contributed by atoms with Gasteiger partial charge in [-0.25, -0.2) is 4.79 Å². The van der Waals surface area contributed by atoms with Crippen LogP contribution in [0.25, 0.3) is 16.7 Å². The van der Waals surface area contributed by atoms with Gasteiger partial charge in [0.15, 0.2) is 0 Å². The molecule has 2 nitrogen and oxygen atoms in total. The van der Waals surface area contributed by atoms with Gasteiger partial charge in [-0.15, -0.1) is 0 Å². The van der Waals surface area contributed by atoms with Crippen molar-refractivity contribution in [3.05, 3.63) is 65.7 Å². The molecule has 0 heterocycles. The number of carboxylic acids is 1. The van der Waals surface area contributed by atoms with E-state index in [4.69, 9.17) is 5.11 Å². The lowest BCUT2D eigenvalue weighted by Crippen LogP contribution is -2.05. The van der Waals surface area contributed by atoms with E-state index < -0.39 is 5.97 Å². The molecule has 136 valence electrons. The zero-order valence-electron chi connectivity index (χ0n) is 15.6. The second-order valence-electron chi connectivity index (χ2n) is 7.33. The highest BCUT2D eigenvalue weighted by molar-refractivity contribution is 5.88. The van der Waals surface area contributed by atoms with Gasteiger partial charge < -0.3 is 5.11 Å². The minimum atomic E-state index is -0.885. The average Bonchev–Trinajstić information content (AvgIpc) is 2.69. The summed E-state index contributed by atoms with van der Waals surface area (Å²) in [6.07, 6.45) is 11.6. The lowest BCUT2D eigenvalue weighted by Gasteiger charge is -2.22. The Morgan fingerprint density at radius 1 is 0.962 bits per heavy atom. The van der Waals surface area contributed by atoms with Crippen LogP contribution in [0, 0.1) is 5.92 Å². The van der Waals surface area contributed by atoms with Crippen molar-refractivity contribution in [2.45, 2.75) is 51.9 Å². The number of carboxylic acid groups (broad SMARTS) is 1. The third-order valence-electron chi connectivity index (χ3n) is 5.46. The lowest BCUT2D eigenvalue weighted by molar-refractivity contribution is 0.0697. The Kier molecular flexibility index (Phi) is 6.27. The number of unbranched alkanes of at least 4 members (excludes halogenated alkanes) is 2. The minimum absolute atomic E-state index is 0.325. The molecule has 0 saturated carbocycles. The first-order chi connectivity index (χ1) is 12.7. The van der Waals surface area contributed by atoms with Gasteiger partial charge in [-0.2, -0.15) is 0 Å². The summed E-state index contributed by atoms with van der Waals surface area (Å²) in [4.78, 5) is 11.0. The molecule has 0 saturated heterocycles. The molecule has 1 aliphatic carbocycles. The number of allylic oxidation sites excluding steroid dienone is 2. The van der Waals surface area contributed by atoms with Crippen molar-refractivity contribution in [1.29, 1.82) is 0 Å². The summed E-state index contributed by atoms with van der Waals surface area (Å²) >= 11 is 0. The Hall–Kier alpha value is -2.35. The van der Waals surface area contributed by atoms with E-state index in [0.717, 1.165) is 17.0 Å². The summed E-state index contributed by atoms with van der Waals surface area (Å²) in [7, 11) is 0. The van der Waals surface area contributed by atoms with Crippen LogP contribution in [0.3, 0.4) is 0 Å². The molecule has 0 amide bonds. The fraction of sp³-hybridized carbons (Fsp3) is 0.375. The van der Waals surface area contributed by atoms with Crippen molar-refractivity contribution in [1.82, 2.24) is 0 Å². The Balaban J connectivity index is 1.63. The Morgan fingerprint density at radius 3 is 2.12 bits per heavy atom. The zero-order valence-corrected chi connectivity index (χ0v) is 15.6. The van der Waals surface area contributed by atoms with Gasteiger partial charge in [0.2, 0.25) is 0 Å². The van der Waals surface area contributed by atoms with E-state index >= 15 is 0 Å². The van der Waals surface area contributed by atoms with Crippen LogP contribution in [0.1, 0.15) is 67.8 Å². The summed E-state index contributed by atoms with van der Waals surface area (Å²) in [6.45, 7) is 2.27. The molecule has 2 aromatic rings. The Morgan fingerprint density at radius 2 is 1.58 bits per heavy atom. The molecule has 0 aromatic heterocycles. The van der Waals surface area contributed by atoms with Crippen molar-refractivity contribution in [2.75, 3.05) is 0 Å². The lowest BCUT2D eigenvalue weighted by atomic mass is 9.83. The van der Waals surface area contributed by atoms with Crippen LogP contribution in [0.15, 0.2) is 54.6 Å². The molecular weight excluding hydrogens is 320 g/mol. The highest BCUT2D eigenvalue weighted by atomic mass is 16.4. The minimum Gasteiger partial charge on any atom is -0.478 e. The van der Waals surface area contributed by atoms with Crippen molar-refractivity contribution < 1.29 is 9.90 Å². The van der Waals surface area contributed by atoms with Gasteiger partial charge in [-0.1, -0.05) is 75.1 Å². The summed E-state index contributed by atoms with van der Waals surface area (Å²) in [5.41, 5.74) is 5.30. The van der Waals surface area contributed by atoms with E-state index in [1.165, 1.54) is 56.1 Å². The maximum absolute atomic E-state index is 11.0. The van der Waals surface area contributed by atoms with Crippen LogP contribution < -0.4 is 0 Å². The maximum Gasteiger partial charge on any atom is 0.335 e. The third kappa shape index (κ3) is 4.63. The van der Waals surface area contributed by atoms with Crippen molar-refractivity contribution in [3.63, 3.8) is 0 Å². The Bertz CT molecular complexity index is 754. The summed E-state index contributed by atoms with van der Waals surface area (Å²) in [5, 5.41) is 9.00. The second-order valence-corrected chi connectivity index (χ2v) is 7.33. The van der Waals surface area contributed by atoms with Gasteiger partial charge in [-0.3, -0.25) is 0 Å². The molecule has 1 aliphatic rings. The first-order valence-electron chi connectivity index (χ1n) is 9.80. The predicted molar refractivity (Wildman–Crippen MR) is 108 cm³/mol. The fourth-order valence-electron chi connectivity index (χ4n) is 3.78. The SMILES string of the molecule is CCCCCC1CC=C(c2ccc(-c3ccc(C(=O)O)cc3)cc2)CC1. The van der Waals surface area contributed by atoms with E-state index in [1.54, 1.807) is 12.1 Å². The summed E-state index contributed by atoms with van der Waals surface area (Å²) in [6, 6.07) is 15.7. The van der Waals surface area contributed by atoms with Gasteiger partial charge >= 0.3 is 5.97 Å². The smallest absolute Gasteiger partial charge is 0.335 e. The normalized spacial score (nSPS) is 17.0. The molecule has 1 N–H and O–H groups in total. The molecule has 2 heteroatoms. The quantitative estimate of drug-likeness (QED) is 0.558. The van der Waals surface area contributed by atoms with Gasteiger partial charge in [0, 0.05) is 0 Å². The van der Waals surface area contributed by atoms with Crippen LogP contribution in [0.5, 0.6) is 0 Å². The van der Waals surface area contributed by atoms with Crippen molar-refractivity contribution in [2.24, 2.45) is 5.92 Å². The molecule has 0 fully saturated rings. The molecule has 26 heavy (non-hydrogen) atoms. The van der Waals surface area contributed by atoms with Crippen LogP contribution in [0.2, 0.25) is 0 Å². The molecular formula is C24H28O2. The van der Waals surface area contributed by atoms with E-state index in [-0.39, 0.29) is 0 Å². The highest BCUT2D eigenvalue weighted by Gasteiger charge is 2.15. The first kappa shape index (κ1) is 18.4. The van der Waals surface area contributed by atoms with E-state index in [0.29, 0.717) is 5.56 Å². The van der Waals surface area contributed by atoms with Gasteiger partial charge in [-0.05, 0) is 59.6 Å². The third-order valence-corrected chi connectivity index (χ3v) is 5.46. The van der Waals surface area contributed by atoms with Gasteiger partial charge in [0.1, 0.15) is 0 Å². The largest absolute Gasteiger partial charge is 0.478 e. The topological polar surface area (TPSA) is 37.3 Å². The molecule has 0 bridgehead atoms. The maximum atomic E-state index is 11.0. The van der Waals surface area contributed by atoms with E-state index in [1.807, 2.05) is 12.1 Å². The van der Waals surface area contributed by atoms with Crippen molar-refractivity contribution >= 4 is 11.5 Å². The molecule has 3 rings (SSSR count). The molecule has 2 aromatic carbocycles. The number of hydrogen-bond donors (Lipinski definition) is 1. The molecule has 1 atom stereocenters. The molecule has 0 radical (unpaired) electrons. The first-order valence-corrected chi connectivity index (χ1v) is 9.80. The second kappa shape index (κ2) is 8.84. The van der Waals surface area contributed by atoms with Gasteiger partial charge in [0.05, 0.1) is 5.56 Å². The van der Waals surface area contributed by atoms with Gasteiger partial charge in [0.25, 0.3) is 0 Å². The van der Waals surface area contributed by atoms with Crippen LogP contribution in [-0.4, -0.2) is 11.1 Å². The zero-order chi connectivity index (χ0) is 18.4. The van der Waals surface area contributed by atoms with E-state index in [2.05, 4.69) is 37.3 Å². The van der Waals surface area contributed by atoms with Crippen LogP contribution in [-0.2, 0) is 0 Å². The summed E-state index contributed by atoms with van der Waals surface area (Å²) < 4.78 is 0. The molecule has 0 aliphatic heterocycles. The fourth-order valence-corrected chi connectivity index (χ4v) is 3.78. The monoisotopic (exact) mass is 348 g/mol. The number of hydrogen-bond acceptors (Lipinski definition) is 1. The highest BCUT2D eigenvalue weighted by Crippen LogP contribution is 2.33. The van der Waals surface area contributed by atoms with Crippen molar-refractivity contribution in [3.8, 4) is 11.1 Å². The summed E-state index contributed by atoms with van der Waals surface area (Å²) in [5.74, 6) is -0.0125. The predicted octanol–water partition coefficient (Wildman–Crippen LogP) is 6.82. The average molecular weight is 348 g/mol. The van der Waals surface area contributed by atoms with E-state index in [9.17, 15) is 4.79 Å². The van der Waals surface area contributed by atoms with Crippen LogP contribution >= 0.6 is 0 Å². The number of rotatable bonds is 7. The number of benzene rings is 2. The molecule has 1 unspecified atom stereocenters. The molecule has 0 spiro atoms. The Labute approximate surface area is 156 Å². The van der Waals surface area contributed by atoms with Crippen LogP contribution in [0.4, 0.5) is 0 Å². The number of carbonyl (C=O) groups is 1.